The number of nitrogens with zero attached hydrogens (tertiary/aromatic N) is 1. The number of H-pyrrole nitrogens is 2. The minimum Gasteiger partial charge on any atom is -0.496 e. The van der Waals surface area contributed by atoms with Crippen molar-refractivity contribution in [1.82, 2.24) is 25.5 Å². The maximum Gasteiger partial charge on any atom is 0.271 e. The molecule has 1 saturated carbocycles. The van der Waals surface area contributed by atoms with Gasteiger partial charge in [0.1, 0.15) is 17.5 Å². The molecule has 2 saturated heterocycles. The standard InChI is InChI=1S/C29H33N5O5/c1-39-24-9-3-7-20-19(24)14-23(32-20)29(38)34-15-17-5-2-6-18(17)25(34)28(37)33-22(13-16-10-12-31-27(16)36)26(35)21-8-4-11-30-21/h3-4,7-9,11,14,16-18,22,25,30,32H,2,5-6,10,12-13,15H2,1H3,(H,31,36)(H,33,37). The van der Waals surface area contributed by atoms with Crippen LogP contribution in [0, 0.1) is 17.8 Å². The van der Waals surface area contributed by atoms with Crippen molar-refractivity contribution in [3.05, 3.63) is 54.0 Å². The lowest BCUT2D eigenvalue weighted by atomic mass is 9.91. The Labute approximate surface area is 225 Å². The van der Waals surface area contributed by atoms with Gasteiger partial charge in [-0.15, -0.1) is 0 Å². The molecule has 2 aliphatic heterocycles. The van der Waals surface area contributed by atoms with Crippen molar-refractivity contribution in [3.8, 4) is 5.75 Å². The number of likely N-dealkylation sites (tertiary alicyclic amines) is 1. The Kier molecular flexibility index (Phi) is 6.62. The number of hydrogen-bond acceptors (Lipinski definition) is 5. The molecule has 5 unspecified atom stereocenters. The van der Waals surface area contributed by atoms with Gasteiger partial charge < -0.3 is 30.2 Å². The molecule has 6 rings (SSSR count). The fraction of sp³-hybridized carbons (Fsp3) is 0.448. The number of methoxy groups -OCH3 is 1. The topological polar surface area (TPSA) is 136 Å². The molecule has 3 aromatic rings. The van der Waals surface area contributed by atoms with Crippen LogP contribution in [0.2, 0.25) is 0 Å². The number of benzene rings is 1. The van der Waals surface area contributed by atoms with E-state index in [-0.39, 0.29) is 47.7 Å². The van der Waals surface area contributed by atoms with Crippen LogP contribution in [-0.4, -0.2) is 70.7 Å². The summed E-state index contributed by atoms with van der Waals surface area (Å²) in [5, 5.41) is 6.59. The molecular formula is C29H33N5O5. The van der Waals surface area contributed by atoms with Gasteiger partial charge in [0.2, 0.25) is 17.6 Å². The molecule has 3 amide bonds. The van der Waals surface area contributed by atoms with E-state index in [9.17, 15) is 19.2 Å². The number of carbonyl (C=O) groups is 4. The molecule has 0 bridgehead atoms. The summed E-state index contributed by atoms with van der Waals surface area (Å²) in [6.07, 6.45) is 5.32. The summed E-state index contributed by atoms with van der Waals surface area (Å²) < 4.78 is 5.45. The molecule has 0 spiro atoms. The second-order valence-corrected chi connectivity index (χ2v) is 10.9. The number of aromatic nitrogens is 2. The normalized spacial score (nSPS) is 24.9. The Balaban J connectivity index is 1.28. The van der Waals surface area contributed by atoms with Gasteiger partial charge in [0.05, 0.1) is 18.8 Å². The summed E-state index contributed by atoms with van der Waals surface area (Å²) in [7, 11) is 1.59. The van der Waals surface area contributed by atoms with Gasteiger partial charge in [0.15, 0.2) is 0 Å². The lowest BCUT2D eigenvalue weighted by molar-refractivity contribution is -0.127. The number of fused-ring (bicyclic) bond motifs is 2. The Morgan fingerprint density at radius 2 is 2.00 bits per heavy atom. The van der Waals surface area contributed by atoms with E-state index in [1.807, 2.05) is 18.2 Å². The first-order valence-electron chi connectivity index (χ1n) is 13.7. The van der Waals surface area contributed by atoms with Crippen molar-refractivity contribution < 1.29 is 23.9 Å². The summed E-state index contributed by atoms with van der Waals surface area (Å²) in [4.78, 5) is 61.3. The molecule has 1 aromatic carbocycles. The molecule has 5 atom stereocenters. The molecule has 0 radical (unpaired) electrons. The Hall–Kier alpha value is -4.08. The first kappa shape index (κ1) is 25.2. The van der Waals surface area contributed by atoms with E-state index in [0.29, 0.717) is 36.6 Å². The van der Waals surface area contributed by atoms with Crippen molar-refractivity contribution in [2.24, 2.45) is 17.8 Å². The lowest BCUT2D eigenvalue weighted by Crippen LogP contribution is -2.53. The number of carbonyl (C=O) groups excluding carboxylic acids is 4. The summed E-state index contributed by atoms with van der Waals surface area (Å²) >= 11 is 0. The highest BCUT2D eigenvalue weighted by molar-refractivity contribution is 6.04. The predicted octanol–water partition coefficient (Wildman–Crippen LogP) is 2.64. The smallest absolute Gasteiger partial charge is 0.271 e. The largest absolute Gasteiger partial charge is 0.496 e. The molecule has 3 aliphatic rings. The molecular weight excluding hydrogens is 498 g/mol. The molecule has 204 valence electrons. The van der Waals surface area contributed by atoms with Crippen LogP contribution < -0.4 is 15.4 Å². The molecule has 3 fully saturated rings. The van der Waals surface area contributed by atoms with E-state index in [1.165, 1.54) is 0 Å². The van der Waals surface area contributed by atoms with Crippen LogP contribution in [0.4, 0.5) is 0 Å². The highest BCUT2D eigenvalue weighted by Crippen LogP contribution is 2.43. The van der Waals surface area contributed by atoms with Gasteiger partial charge in [-0.3, -0.25) is 19.2 Å². The van der Waals surface area contributed by atoms with Crippen LogP contribution in [0.1, 0.15) is 53.1 Å². The maximum atomic E-state index is 13.9. The Bertz CT molecular complexity index is 1410. The van der Waals surface area contributed by atoms with Crippen LogP contribution in [0.15, 0.2) is 42.6 Å². The summed E-state index contributed by atoms with van der Waals surface area (Å²) in [5.74, 6) is -0.371. The lowest BCUT2D eigenvalue weighted by Gasteiger charge is -2.29. The van der Waals surface area contributed by atoms with Crippen molar-refractivity contribution in [3.63, 3.8) is 0 Å². The summed E-state index contributed by atoms with van der Waals surface area (Å²) in [6, 6.07) is 9.18. The average molecular weight is 532 g/mol. The van der Waals surface area contributed by atoms with Crippen LogP contribution in [0.25, 0.3) is 10.9 Å². The van der Waals surface area contributed by atoms with Gasteiger partial charge in [-0.1, -0.05) is 12.5 Å². The quantitative estimate of drug-likeness (QED) is 0.331. The van der Waals surface area contributed by atoms with Gasteiger partial charge in [-0.2, -0.15) is 0 Å². The number of ether oxygens (including phenoxy) is 1. The highest BCUT2D eigenvalue weighted by Gasteiger charge is 2.50. The van der Waals surface area contributed by atoms with E-state index < -0.39 is 12.1 Å². The molecule has 10 nitrogen and oxygen atoms in total. The second-order valence-electron chi connectivity index (χ2n) is 10.9. The number of Topliss-reactive ketones (excluding diaryl/α,β-unsaturated/α-hetero) is 1. The second kappa shape index (κ2) is 10.2. The van der Waals surface area contributed by atoms with Crippen molar-refractivity contribution in [1.29, 1.82) is 0 Å². The molecule has 39 heavy (non-hydrogen) atoms. The van der Waals surface area contributed by atoms with E-state index in [0.717, 1.165) is 30.2 Å². The number of aromatic amines is 2. The zero-order valence-corrected chi connectivity index (χ0v) is 21.9. The minimum atomic E-state index is -0.875. The molecule has 4 N–H and O–H groups in total. The van der Waals surface area contributed by atoms with Crippen LogP contribution >= 0.6 is 0 Å². The fourth-order valence-corrected chi connectivity index (χ4v) is 6.74. The van der Waals surface area contributed by atoms with Gasteiger partial charge >= 0.3 is 0 Å². The third kappa shape index (κ3) is 4.57. The summed E-state index contributed by atoms with van der Waals surface area (Å²) in [5.41, 5.74) is 1.56. The maximum absolute atomic E-state index is 13.9. The van der Waals surface area contributed by atoms with E-state index in [2.05, 4.69) is 20.6 Å². The van der Waals surface area contributed by atoms with E-state index in [4.69, 9.17) is 4.74 Å². The predicted molar refractivity (Wildman–Crippen MR) is 143 cm³/mol. The van der Waals surface area contributed by atoms with Crippen molar-refractivity contribution in [2.45, 2.75) is 44.2 Å². The SMILES string of the molecule is COc1cccc2[nH]c(C(=O)N3CC4CCCC4C3C(=O)NC(CC3CCNC3=O)C(=O)c3ccc[nH]3)cc12. The first-order valence-corrected chi connectivity index (χ1v) is 13.7. The van der Waals surface area contributed by atoms with Gasteiger partial charge in [0.25, 0.3) is 5.91 Å². The zero-order valence-electron chi connectivity index (χ0n) is 21.9. The van der Waals surface area contributed by atoms with E-state index in [1.54, 1.807) is 36.4 Å². The van der Waals surface area contributed by atoms with Crippen LogP contribution in [0.5, 0.6) is 5.75 Å². The number of amides is 3. The third-order valence-corrected chi connectivity index (χ3v) is 8.67. The third-order valence-electron chi connectivity index (χ3n) is 8.67. The minimum absolute atomic E-state index is 0.0314. The monoisotopic (exact) mass is 531 g/mol. The summed E-state index contributed by atoms with van der Waals surface area (Å²) in [6.45, 7) is 1.05. The fourth-order valence-electron chi connectivity index (χ4n) is 6.74. The molecule has 1 aliphatic carbocycles. The number of rotatable bonds is 8. The van der Waals surface area contributed by atoms with Gasteiger partial charge in [-0.25, -0.2) is 0 Å². The van der Waals surface area contributed by atoms with Gasteiger partial charge in [0, 0.05) is 36.1 Å². The Morgan fingerprint density at radius 3 is 2.74 bits per heavy atom. The van der Waals surface area contributed by atoms with E-state index >= 15 is 0 Å². The highest BCUT2D eigenvalue weighted by atomic mass is 16.5. The van der Waals surface area contributed by atoms with Crippen molar-refractivity contribution in [2.75, 3.05) is 20.2 Å². The molecule has 4 heterocycles. The van der Waals surface area contributed by atoms with Gasteiger partial charge in [-0.05, 0) is 67.9 Å². The number of hydrogen-bond donors (Lipinski definition) is 4. The average Bonchev–Trinajstić information content (AvgIpc) is 3.75. The van der Waals surface area contributed by atoms with Crippen LogP contribution in [-0.2, 0) is 9.59 Å². The Morgan fingerprint density at radius 1 is 1.13 bits per heavy atom. The number of ketones is 1. The van der Waals surface area contributed by atoms with Crippen molar-refractivity contribution >= 4 is 34.4 Å². The van der Waals surface area contributed by atoms with Crippen LogP contribution in [0.3, 0.4) is 0 Å². The first-order chi connectivity index (χ1) is 18.9. The zero-order chi connectivity index (χ0) is 27.1. The molecule has 10 heteroatoms. The number of nitrogens with one attached hydrogen (secondary N) is 4. The molecule has 2 aromatic heterocycles.